The van der Waals surface area contributed by atoms with Gasteiger partial charge in [0, 0.05) is 27.3 Å². The minimum Gasteiger partial charge on any atom is -0.444 e. The Morgan fingerprint density at radius 3 is 2.66 bits per heavy atom. The van der Waals surface area contributed by atoms with Gasteiger partial charge in [-0.3, -0.25) is 10.1 Å². The monoisotopic (exact) mass is 506 g/mol. The Balaban J connectivity index is 2.18. The number of nitro groups is 1. The summed E-state index contributed by atoms with van der Waals surface area (Å²) in [6.07, 6.45) is 3.52. The maximum atomic E-state index is 14.0. The molecule has 0 aliphatic carbocycles. The lowest BCUT2D eigenvalue weighted by Gasteiger charge is -2.19. The van der Waals surface area contributed by atoms with Crippen molar-refractivity contribution in [2.24, 2.45) is 0 Å². The van der Waals surface area contributed by atoms with Crippen LogP contribution in [0.3, 0.4) is 0 Å². The van der Waals surface area contributed by atoms with Gasteiger partial charge in [0.05, 0.1) is 22.8 Å². The van der Waals surface area contributed by atoms with Crippen LogP contribution in [0.2, 0.25) is 25.7 Å². The number of ether oxygens (including phenoxy) is 2. The molecule has 0 aliphatic heterocycles. The van der Waals surface area contributed by atoms with Gasteiger partial charge >= 0.3 is 6.09 Å². The highest BCUT2D eigenvalue weighted by molar-refractivity contribution is 6.76. The number of hydrogen-bond acceptors (Lipinski definition) is 6. The van der Waals surface area contributed by atoms with Crippen LogP contribution < -0.4 is 5.32 Å². The number of rotatable bonds is 11. The molecule has 0 radical (unpaired) electrons. The highest BCUT2D eigenvalue weighted by atomic mass is 28.3. The normalized spacial score (nSPS) is 12.2. The molecule has 11 heteroatoms. The number of aromatic amines is 1. The first-order chi connectivity index (χ1) is 16.2. The maximum absolute atomic E-state index is 14.0. The summed E-state index contributed by atoms with van der Waals surface area (Å²) in [5, 5.41) is 14.2. The van der Waals surface area contributed by atoms with Crippen molar-refractivity contribution in [2.45, 2.75) is 65.1 Å². The van der Waals surface area contributed by atoms with E-state index in [1.54, 1.807) is 32.9 Å². The SMILES string of the molecule is CC(C)(C)OC(=O)NCCC=Cc1nc(-c2cc(F)ccc2[N+](=O)[O-])c(COCC[Si](C)(C)C)[nH]1. The molecule has 1 heterocycles. The van der Waals surface area contributed by atoms with E-state index in [9.17, 15) is 19.3 Å². The molecule has 0 saturated heterocycles. The first kappa shape index (κ1) is 28.2. The fourth-order valence-electron chi connectivity index (χ4n) is 3.01. The van der Waals surface area contributed by atoms with Gasteiger partial charge < -0.3 is 19.8 Å². The van der Waals surface area contributed by atoms with Gasteiger partial charge in [-0.1, -0.05) is 25.7 Å². The molecule has 0 aliphatic rings. The van der Waals surface area contributed by atoms with E-state index in [-0.39, 0.29) is 23.6 Å². The Morgan fingerprint density at radius 1 is 1.31 bits per heavy atom. The van der Waals surface area contributed by atoms with Crippen LogP contribution in [0.4, 0.5) is 14.9 Å². The highest BCUT2D eigenvalue weighted by Crippen LogP contribution is 2.32. The van der Waals surface area contributed by atoms with E-state index in [0.717, 1.165) is 24.2 Å². The van der Waals surface area contributed by atoms with E-state index in [0.29, 0.717) is 31.1 Å². The van der Waals surface area contributed by atoms with Crippen molar-refractivity contribution < 1.29 is 23.6 Å². The second kappa shape index (κ2) is 12.1. The molecule has 0 spiro atoms. The number of imidazole rings is 1. The van der Waals surface area contributed by atoms with Gasteiger partial charge in [-0.05, 0) is 51.4 Å². The minimum absolute atomic E-state index is 0.0845. The number of nitrogens with zero attached hydrogens (tertiary/aromatic N) is 2. The Bertz CT molecular complexity index is 1060. The third kappa shape index (κ3) is 9.99. The zero-order chi connectivity index (χ0) is 26.2. The summed E-state index contributed by atoms with van der Waals surface area (Å²) in [6.45, 7) is 13.2. The molecule has 9 nitrogen and oxygen atoms in total. The lowest BCUT2D eigenvalue weighted by molar-refractivity contribution is -0.384. The fourth-order valence-corrected chi connectivity index (χ4v) is 3.77. The van der Waals surface area contributed by atoms with E-state index in [2.05, 4.69) is 34.9 Å². The van der Waals surface area contributed by atoms with Crippen LogP contribution in [0.25, 0.3) is 17.3 Å². The largest absolute Gasteiger partial charge is 0.444 e. The quantitative estimate of drug-likeness (QED) is 0.169. The third-order valence-electron chi connectivity index (χ3n) is 4.71. The number of amides is 1. The Kier molecular flexibility index (Phi) is 9.72. The van der Waals surface area contributed by atoms with Crippen LogP contribution in [0.1, 0.15) is 38.7 Å². The molecule has 0 saturated carbocycles. The number of halogens is 1. The molecule has 1 aromatic heterocycles. The molecule has 2 aromatic rings. The second-order valence-electron chi connectivity index (χ2n) is 10.4. The fraction of sp³-hybridized carbons (Fsp3) is 0.500. The Hall–Kier alpha value is -3.05. The van der Waals surface area contributed by atoms with Crippen LogP contribution in [0.15, 0.2) is 24.3 Å². The van der Waals surface area contributed by atoms with E-state index in [1.807, 2.05) is 0 Å². The predicted molar refractivity (Wildman–Crippen MR) is 136 cm³/mol. The van der Waals surface area contributed by atoms with Crippen LogP contribution in [-0.4, -0.2) is 47.8 Å². The molecular weight excluding hydrogens is 471 g/mol. The Labute approximate surface area is 206 Å². The van der Waals surface area contributed by atoms with Gasteiger partial charge in [0.1, 0.15) is 22.9 Å². The number of nitro benzene ring substituents is 1. The van der Waals surface area contributed by atoms with Crippen molar-refractivity contribution in [1.82, 2.24) is 15.3 Å². The third-order valence-corrected chi connectivity index (χ3v) is 6.41. The molecule has 2 N–H and O–H groups in total. The van der Waals surface area contributed by atoms with Crippen molar-refractivity contribution in [3.63, 3.8) is 0 Å². The van der Waals surface area contributed by atoms with Crippen molar-refractivity contribution in [1.29, 1.82) is 0 Å². The number of H-pyrrole nitrogens is 1. The van der Waals surface area contributed by atoms with Gasteiger partial charge in [0.15, 0.2) is 0 Å². The molecule has 0 bridgehead atoms. The molecule has 2 rings (SSSR count). The minimum atomic E-state index is -1.29. The van der Waals surface area contributed by atoms with Gasteiger partial charge in [0.25, 0.3) is 5.69 Å². The van der Waals surface area contributed by atoms with Crippen molar-refractivity contribution >= 4 is 25.9 Å². The number of carbonyl (C=O) groups excluding carboxylic acids is 1. The van der Waals surface area contributed by atoms with Gasteiger partial charge in [0.2, 0.25) is 0 Å². The lowest BCUT2D eigenvalue weighted by Crippen LogP contribution is -2.32. The molecule has 0 atom stereocenters. The van der Waals surface area contributed by atoms with Gasteiger partial charge in [-0.15, -0.1) is 0 Å². The lowest BCUT2D eigenvalue weighted by atomic mass is 10.1. The molecule has 1 aromatic carbocycles. The van der Waals surface area contributed by atoms with Crippen LogP contribution in [0.5, 0.6) is 0 Å². The summed E-state index contributed by atoms with van der Waals surface area (Å²) in [4.78, 5) is 30.3. The smallest absolute Gasteiger partial charge is 0.407 e. The number of carbonyl (C=O) groups is 1. The molecule has 1 amide bonds. The summed E-state index contributed by atoms with van der Waals surface area (Å²) in [6, 6.07) is 4.26. The zero-order valence-electron chi connectivity index (χ0n) is 21.2. The first-order valence-electron chi connectivity index (χ1n) is 11.5. The average Bonchev–Trinajstić information content (AvgIpc) is 3.11. The number of benzene rings is 1. The highest BCUT2D eigenvalue weighted by Gasteiger charge is 2.22. The van der Waals surface area contributed by atoms with Crippen molar-refractivity contribution in [3.8, 4) is 11.3 Å². The van der Waals surface area contributed by atoms with E-state index in [1.165, 1.54) is 0 Å². The molecule has 0 unspecified atom stereocenters. The standard InChI is InChI=1S/C24H35FN4O5Si/c1-24(2,3)34-23(30)26-12-8-7-9-21-27-19(16-33-13-14-35(4,5)6)22(28-21)18-15-17(25)10-11-20(18)29(31)32/h7,9-11,15H,8,12-14,16H2,1-6H3,(H,26,30)(H,27,28). The number of alkyl carbamates (subject to hydrolysis) is 1. The van der Waals surface area contributed by atoms with Crippen molar-refractivity contribution in [3.05, 3.63) is 51.7 Å². The van der Waals surface area contributed by atoms with E-state index in [4.69, 9.17) is 9.47 Å². The van der Waals surface area contributed by atoms with Gasteiger partial charge in [-0.2, -0.15) is 0 Å². The van der Waals surface area contributed by atoms with Crippen LogP contribution in [0, 0.1) is 15.9 Å². The van der Waals surface area contributed by atoms with Crippen LogP contribution in [-0.2, 0) is 16.1 Å². The van der Waals surface area contributed by atoms with E-state index >= 15 is 0 Å². The van der Waals surface area contributed by atoms with Crippen molar-refractivity contribution in [2.75, 3.05) is 13.2 Å². The summed E-state index contributed by atoms with van der Waals surface area (Å²) >= 11 is 0. The summed E-state index contributed by atoms with van der Waals surface area (Å²) in [5.74, 6) is -0.149. The molecule has 35 heavy (non-hydrogen) atoms. The Morgan fingerprint density at radius 2 is 2.03 bits per heavy atom. The first-order valence-corrected chi connectivity index (χ1v) is 15.2. The van der Waals surface area contributed by atoms with E-state index < -0.39 is 30.5 Å². The van der Waals surface area contributed by atoms with Gasteiger partial charge in [-0.25, -0.2) is 14.2 Å². The summed E-state index contributed by atoms with van der Waals surface area (Å²) in [5.41, 5.74) is 0.0774. The summed E-state index contributed by atoms with van der Waals surface area (Å²) in [7, 11) is -1.29. The average molecular weight is 507 g/mol. The second-order valence-corrected chi connectivity index (χ2v) is 16.0. The number of hydrogen-bond donors (Lipinski definition) is 2. The molecular formula is C24H35FN4O5Si. The van der Waals surface area contributed by atoms with Crippen LogP contribution >= 0.6 is 0 Å². The summed E-state index contributed by atoms with van der Waals surface area (Å²) < 4.78 is 25.0. The molecule has 192 valence electrons. The molecule has 0 fully saturated rings. The number of nitrogens with one attached hydrogen (secondary N) is 2. The maximum Gasteiger partial charge on any atom is 0.407 e. The number of aromatic nitrogens is 2. The topological polar surface area (TPSA) is 119 Å². The zero-order valence-corrected chi connectivity index (χ0v) is 22.2. The predicted octanol–water partition coefficient (Wildman–Crippen LogP) is 5.91.